The van der Waals surface area contributed by atoms with Crippen LogP contribution in [0.2, 0.25) is 0 Å². The number of methoxy groups -OCH3 is 1. The fraction of sp³-hybridized carbons (Fsp3) is 0.706. The van der Waals surface area contributed by atoms with Crippen LogP contribution in [0.15, 0.2) is 16.5 Å². The predicted octanol–water partition coefficient (Wildman–Crippen LogP) is 4.36. The highest BCUT2D eigenvalue weighted by Crippen LogP contribution is 2.41. The van der Waals surface area contributed by atoms with Gasteiger partial charge in [-0.2, -0.15) is 0 Å². The number of rotatable bonds is 4. The molecule has 21 heavy (non-hydrogen) atoms. The molecule has 1 saturated carbocycles. The number of ether oxygens (including phenoxy) is 2. The highest BCUT2D eigenvalue weighted by molar-refractivity contribution is 5.86. The van der Waals surface area contributed by atoms with E-state index >= 15 is 0 Å². The van der Waals surface area contributed by atoms with Gasteiger partial charge in [-0.25, -0.2) is 4.79 Å². The lowest BCUT2D eigenvalue weighted by atomic mass is 9.71. The van der Waals surface area contributed by atoms with Crippen LogP contribution in [0.1, 0.15) is 69.4 Å². The van der Waals surface area contributed by atoms with Crippen molar-refractivity contribution in [2.75, 3.05) is 7.11 Å². The molecule has 1 aliphatic rings. The van der Waals surface area contributed by atoms with E-state index in [0.717, 1.165) is 12.8 Å². The van der Waals surface area contributed by atoms with Gasteiger partial charge in [0.05, 0.1) is 13.2 Å². The summed E-state index contributed by atoms with van der Waals surface area (Å²) in [6.07, 6.45) is 3.47. The average Bonchev–Trinajstić information content (AvgIpc) is 2.84. The maximum absolute atomic E-state index is 11.4. The Morgan fingerprint density at radius 2 is 2.10 bits per heavy atom. The van der Waals surface area contributed by atoms with Gasteiger partial charge in [0.2, 0.25) is 5.76 Å². The third-order valence-corrected chi connectivity index (χ3v) is 4.16. The molecule has 0 radical (unpaired) electrons. The molecule has 0 bridgehead atoms. The second-order valence-corrected chi connectivity index (χ2v) is 7.01. The molecular formula is C17H26O4. The van der Waals surface area contributed by atoms with E-state index in [2.05, 4.69) is 25.5 Å². The quantitative estimate of drug-likeness (QED) is 0.774. The number of furan rings is 1. The molecule has 4 heteroatoms. The molecule has 0 aromatic carbocycles. The van der Waals surface area contributed by atoms with Crippen LogP contribution in [-0.2, 0) is 9.47 Å². The third-order valence-electron chi connectivity index (χ3n) is 4.16. The molecular weight excluding hydrogens is 268 g/mol. The third kappa shape index (κ3) is 4.10. The second kappa shape index (κ2) is 6.22. The van der Waals surface area contributed by atoms with Gasteiger partial charge in [-0.15, -0.1) is 0 Å². The summed E-state index contributed by atoms with van der Waals surface area (Å²) < 4.78 is 16.3. The van der Waals surface area contributed by atoms with Gasteiger partial charge in [-0.05, 0) is 49.7 Å². The summed E-state index contributed by atoms with van der Waals surface area (Å²) in [6.45, 7) is 8.84. The summed E-state index contributed by atoms with van der Waals surface area (Å²) in [5, 5.41) is 0. The highest BCUT2D eigenvalue weighted by atomic mass is 16.5. The van der Waals surface area contributed by atoms with Gasteiger partial charge in [0.15, 0.2) is 0 Å². The Labute approximate surface area is 126 Å². The molecule has 0 N–H and O–H groups in total. The lowest BCUT2D eigenvalue weighted by molar-refractivity contribution is -0.0669. The summed E-state index contributed by atoms with van der Waals surface area (Å²) >= 11 is 0. The number of carbonyl (C=O) groups excluding carboxylic acids is 1. The first-order valence-corrected chi connectivity index (χ1v) is 7.64. The topological polar surface area (TPSA) is 48.7 Å². The molecule has 1 aliphatic carbocycles. The average molecular weight is 294 g/mol. The smallest absolute Gasteiger partial charge is 0.373 e. The maximum Gasteiger partial charge on any atom is 0.373 e. The zero-order valence-corrected chi connectivity index (χ0v) is 13.6. The van der Waals surface area contributed by atoms with Gasteiger partial charge in [-0.1, -0.05) is 20.8 Å². The van der Waals surface area contributed by atoms with Gasteiger partial charge in [-0.3, -0.25) is 0 Å². The first-order chi connectivity index (χ1) is 9.80. The van der Waals surface area contributed by atoms with Crippen LogP contribution in [0, 0.1) is 11.3 Å². The zero-order valence-electron chi connectivity index (χ0n) is 13.6. The minimum Gasteiger partial charge on any atom is -0.463 e. The van der Waals surface area contributed by atoms with Crippen molar-refractivity contribution in [2.45, 2.75) is 59.2 Å². The normalized spacial score (nSPS) is 26.3. The van der Waals surface area contributed by atoms with Crippen molar-refractivity contribution in [2.24, 2.45) is 11.3 Å². The molecule has 3 atom stereocenters. The molecule has 0 aliphatic heterocycles. The Hall–Kier alpha value is -1.29. The highest BCUT2D eigenvalue weighted by Gasteiger charge is 2.33. The van der Waals surface area contributed by atoms with Crippen LogP contribution < -0.4 is 0 Å². The second-order valence-electron chi connectivity index (χ2n) is 7.01. The Balaban J connectivity index is 1.99. The van der Waals surface area contributed by atoms with Gasteiger partial charge in [0.1, 0.15) is 11.9 Å². The van der Waals surface area contributed by atoms with Crippen LogP contribution in [0.5, 0.6) is 0 Å². The fourth-order valence-corrected chi connectivity index (χ4v) is 3.50. The van der Waals surface area contributed by atoms with E-state index in [1.807, 2.05) is 6.92 Å². The van der Waals surface area contributed by atoms with Crippen molar-refractivity contribution in [1.29, 1.82) is 0 Å². The molecule has 0 spiro atoms. The zero-order chi connectivity index (χ0) is 15.6. The molecule has 0 amide bonds. The van der Waals surface area contributed by atoms with Crippen molar-refractivity contribution in [1.82, 2.24) is 0 Å². The first kappa shape index (κ1) is 16.1. The van der Waals surface area contributed by atoms with E-state index < -0.39 is 5.97 Å². The molecule has 1 aromatic heterocycles. The van der Waals surface area contributed by atoms with Gasteiger partial charge < -0.3 is 13.9 Å². The maximum atomic E-state index is 11.4. The van der Waals surface area contributed by atoms with Crippen molar-refractivity contribution in [3.63, 3.8) is 0 Å². The Kier molecular flexibility index (Phi) is 4.77. The summed E-state index contributed by atoms with van der Waals surface area (Å²) in [4.78, 5) is 11.4. The van der Waals surface area contributed by atoms with Crippen molar-refractivity contribution in [3.05, 3.63) is 23.7 Å². The Morgan fingerprint density at radius 1 is 1.38 bits per heavy atom. The summed E-state index contributed by atoms with van der Waals surface area (Å²) in [6, 6.07) is 3.42. The number of esters is 1. The SMILES string of the molecule is COC(=O)c1ccc(C(C)OC2CC(C)CC(C)(C)C2)o1. The molecule has 1 aromatic rings. The fourth-order valence-electron chi connectivity index (χ4n) is 3.50. The molecule has 1 heterocycles. The van der Waals surface area contributed by atoms with Crippen LogP contribution in [-0.4, -0.2) is 19.2 Å². The number of hydrogen-bond acceptors (Lipinski definition) is 4. The molecule has 1 fully saturated rings. The van der Waals surface area contributed by atoms with Crippen LogP contribution >= 0.6 is 0 Å². The summed E-state index contributed by atoms with van der Waals surface area (Å²) in [5.41, 5.74) is 0.322. The van der Waals surface area contributed by atoms with E-state index in [0.29, 0.717) is 17.1 Å². The van der Waals surface area contributed by atoms with Crippen LogP contribution in [0.25, 0.3) is 0 Å². The molecule has 118 valence electrons. The largest absolute Gasteiger partial charge is 0.463 e. The van der Waals surface area contributed by atoms with Crippen molar-refractivity contribution >= 4 is 5.97 Å². The van der Waals surface area contributed by atoms with E-state index in [9.17, 15) is 4.79 Å². The number of carbonyl (C=O) groups is 1. The van der Waals surface area contributed by atoms with Crippen LogP contribution in [0.4, 0.5) is 0 Å². The van der Waals surface area contributed by atoms with Crippen molar-refractivity contribution in [3.8, 4) is 0 Å². The predicted molar refractivity (Wildman–Crippen MR) is 80.1 cm³/mol. The van der Waals surface area contributed by atoms with Gasteiger partial charge >= 0.3 is 5.97 Å². The lowest BCUT2D eigenvalue weighted by Gasteiger charge is -2.39. The van der Waals surface area contributed by atoms with E-state index in [1.165, 1.54) is 13.5 Å². The standard InChI is InChI=1S/C17H26O4/c1-11-8-13(10-17(3,4)9-11)20-12(2)14-6-7-15(21-14)16(18)19-5/h6-7,11-13H,8-10H2,1-5H3. The summed E-state index contributed by atoms with van der Waals surface area (Å²) in [5.74, 6) is 1.11. The molecule has 3 unspecified atom stereocenters. The van der Waals surface area contributed by atoms with Gasteiger partial charge in [0, 0.05) is 0 Å². The molecule has 4 nitrogen and oxygen atoms in total. The van der Waals surface area contributed by atoms with Gasteiger partial charge in [0.25, 0.3) is 0 Å². The number of hydrogen-bond donors (Lipinski definition) is 0. The van der Waals surface area contributed by atoms with Crippen molar-refractivity contribution < 1.29 is 18.7 Å². The summed E-state index contributed by atoms with van der Waals surface area (Å²) in [7, 11) is 1.34. The minimum absolute atomic E-state index is 0.158. The molecule has 2 rings (SSSR count). The Morgan fingerprint density at radius 3 is 2.71 bits per heavy atom. The van der Waals surface area contributed by atoms with E-state index in [1.54, 1.807) is 12.1 Å². The monoisotopic (exact) mass is 294 g/mol. The molecule has 0 saturated heterocycles. The lowest BCUT2D eigenvalue weighted by Crippen LogP contribution is -2.33. The Bertz CT molecular complexity index is 489. The minimum atomic E-state index is -0.458. The van der Waals surface area contributed by atoms with E-state index in [4.69, 9.17) is 9.15 Å². The first-order valence-electron chi connectivity index (χ1n) is 7.64. The van der Waals surface area contributed by atoms with E-state index in [-0.39, 0.29) is 18.0 Å². The van der Waals surface area contributed by atoms with Crippen LogP contribution in [0.3, 0.4) is 0 Å².